The third-order valence-electron chi connectivity index (χ3n) is 2.84. The highest BCUT2D eigenvalue weighted by Crippen LogP contribution is 2.21. The topological polar surface area (TPSA) is 58.7 Å². The van der Waals surface area contributed by atoms with Crippen LogP contribution in [0.15, 0.2) is 33.5 Å². The average Bonchev–Trinajstić information content (AvgIpc) is 2.37. The molecule has 0 saturated heterocycles. The zero-order valence-electron chi connectivity index (χ0n) is 12.3. The summed E-state index contributed by atoms with van der Waals surface area (Å²) in [6, 6.07) is 7.25. The van der Waals surface area contributed by atoms with Gasteiger partial charge >= 0.3 is 0 Å². The quantitative estimate of drug-likeness (QED) is 0.816. The molecule has 0 aliphatic carbocycles. The van der Waals surface area contributed by atoms with Gasteiger partial charge < -0.3 is 5.73 Å². The smallest absolute Gasteiger partial charge is 0.139 e. The Kier molecular flexibility index (Phi) is 5.82. The molecule has 5 heteroatoms. The van der Waals surface area contributed by atoms with Gasteiger partial charge in [0, 0.05) is 18.8 Å². The number of hydrogen-bond acceptors (Lipinski definition) is 3. The summed E-state index contributed by atoms with van der Waals surface area (Å²) in [6.07, 6.45) is 0. The fourth-order valence-electron chi connectivity index (χ4n) is 1.81. The second-order valence-corrected chi connectivity index (χ2v) is 7.13. The molecule has 19 heavy (non-hydrogen) atoms. The maximum atomic E-state index is 13.3. The van der Waals surface area contributed by atoms with Crippen LogP contribution in [0.1, 0.15) is 27.7 Å². The second kappa shape index (κ2) is 6.91. The van der Waals surface area contributed by atoms with Crippen LogP contribution in [0.5, 0.6) is 0 Å². The molecule has 0 heterocycles. The molecular formula is C14H25N3OS. The van der Waals surface area contributed by atoms with Crippen LogP contribution in [0.25, 0.3) is 0 Å². The Morgan fingerprint density at radius 1 is 1.32 bits per heavy atom. The molecule has 108 valence electrons. The standard InChI is InChI=1S/C14H25N3OS/c1-5-17(6-2)19(18,16-11-12(3)4)14-9-7-8-13(15)10-14/h7-10,12H,5-6,11,15H2,1-4H3. The van der Waals surface area contributed by atoms with Crippen molar-refractivity contribution in [3.8, 4) is 0 Å². The number of nitrogens with two attached hydrogens (primary N) is 1. The first kappa shape index (κ1) is 16.0. The predicted octanol–water partition coefficient (Wildman–Crippen LogP) is 3.01. The Morgan fingerprint density at radius 3 is 2.42 bits per heavy atom. The van der Waals surface area contributed by atoms with Crippen LogP contribution >= 0.6 is 0 Å². The van der Waals surface area contributed by atoms with E-state index < -0.39 is 9.92 Å². The Balaban J connectivity index is 3.34. The molecule has 0 radical (unpaired) electrons. The number of benzene rings is 1. The largest absolute Gasteiger partial charge is 0.399 e. The van der Waals surface area contributed by atoms with Gasteiger partial charge in [0.25, 0.3) is 0 Å². The van der Waals surface area contributed by atoms with E-state index in [-0.39, 0.29) is 0 Å². The molecule has 0 fully saturated rings. The summed E-state index contributed by atoms with van der Waals surface area (Å²) >= 11 is 0. The summed E-state index contributed by atoms with van der Waals surface area (Å²) in [5.74, 6) is 0.387. The van der Waals surface area contributed by atoms with Gasteiger partial charge in [-0.2, -0.15) is 0 Å². The molecule has 0 aromatic heterocycles. The number of hydrogen-bond donors (Lipinski definition) is 1. The Bertz CT molecular complexity index is 515. The van der Waals surface area contributed by atoms with Gasteiger partial charge in [-0.05, 0) is 24.1 Å². The van der Waals surface area contributed by atoms with E-state index in [0.29, 0.717) is 36.1 Å². The molecule has 1 aromatic rings. The number of anilines is 1. The molecule has 0 spiro atoms. The zero-order valence-corrected chi connectivity index (χ0v) is 13.1. The van der Waals surface area contributed by atoms with Crippen molar-refractivity contribution in [2.45, 2.75) is 32.6 Å². The van der Waals surface area contributed by atoms with Crippen LogP contribution in [0, 0.1) is 5.92 Å². The maximum Gasteiger partial charge on any atom is 0.139 e. The molecule has 0 saturated carbocycles. The van der Waals surface area contributed by atoms with Crippen molar-refractivity contribution in [1.29, 1.82) is 0 Å². The SMILES string of the molecule is CCN(CC)S(=O)(=NCC(C)C)c1cccc(N)c1. The van der Waals surface area contributed by atoms with Crippen molar-refractivity contribution in [1.82, 2.24) is 4.31 Å². The van der Waals surface area contributed by atoms with Crippen molar-refractivity contribution < 1.29 is 4.21 Å². The van der Waals surface area contributed by atoms with Gasteiger partial charge in [0.05, 0.1) is 11.4 Å². The molecular weight excluding hydrogens is 258 g/mol. The van der Waals surface area contributed by atoms with E-state index in [1.165, 1.54) is 0 Å². The lowest BCUT2D eigenvalue weighted by Gasteiger charge is -2.24. The normalized spacial score (nSPS) is 14.6. The lowest BCUT2D eigenvalue weighted by Crippen LogP contribution is -2.31. The molecule has 0 aliphatic heterocycles. The fraction of sp³-hybridized carbons (Fsp3) is 0.571. The van der Waals surface area contributed by atoms with Crippen molar-refractivity contribution in [3.63, 3.8) is 0 Å². The van der Waals surface area contributed by atoms with E-state index in [1.54, 1.807) is 12.1 Å². The van der Waals surface area contributed by atoms with Crippen LogP contribution in [0.3, 0.4) is 0 Å². The summed E-state index contributed by atoms with van der Waals surface area (Å²) < 4.78 is 19.7. The molecule has 1 aromatic carbocycles. The third kappa shape index (κ3) is 3.94. The lowest BCUT2D eigenvalue weighted by molar-refractivity contribution is 0.479. The van der Waals surface area contributed by atoms with Gasteiger partial charge in [0.1, 0.15) is 9.92 Å². The first-order valence-corrected chi connectivity index (χ1v) is 8.24. The monoisotopic (exact) mass is 283 g/mol. The van der Waals surface area contributed by atoms with Crippen LogP contribution < -0.4 is 5.73 Å². The summed E-state index contributed by atoms with van der Waals surface area (Å²) in [5, 5.41) is 0. The van der Waals surface area contributed by atoms with Gasteiger partial charge in [-0.15, -0.1) is 0 Å². The van der Waals surface area contributed by atoms with Crippen molar-refractivity contribution >= 4 is 15.6 Å². The average molecular weight is 283 g/mol. The van der Waals surface area contributed by atoms with Crippen LogP contribution in [-0.2, 0) is 9.92 Å². The van der Waals surface area contributed by atoms with Crippen molar-refractivity contribution in [3.05, 3.63) is 24.3 Å². The molecule has 2 N–H and O–H groups in total. The summed E-state index contributed by atoms with van der Waals surface area (Å²) in [5.41, 5.74) is 6.43. The zero-order chi connectivity index (χ0) is 14.5. The van der Waals surface area contributed by atoms with E-state index >= 15 is 0 Å². The molecule has 0 aliphatic rings. The van der Waals surface area contributed by atoms with E-state index in [0.717, 1.165) is 0 Å². The van der Waals surface area contributed by atoms with E-state index in [2.05, 4.69) is 18.2 Å². The van der Waals surface area contributed by atoms with E-state index in [1.807, 2.05) is 30.3 Å². The van der Waals surface area contributed by atoms with Crippen molar-refractivity contribution in [2.24, 2.45) is 10.3 Å². The number of nitrogens with zero attached hydrogens (tertiary/aromatic N) is 2. The summed E-state index contributed by atoms with van der Waals surface area (Å²) in [6.45, 7) is 10.1. The van der Waals surface area contributed by atoms with Gasteiger partial charge in [-0.3, -0.25) is 0 Å². The third-order valence-corrected chi connectivity index (χ3v) is 5.42. The molecule has 1 atom stereocenters. The number of rotatable bonds is 6. The highest BCUT2D eigenvalue weighted by Gasteiger charge is 2.20. The first-order valence-electron chi connectivity index (χ1n) is 6.77. The Labute approximate surface area is 117 Å². The van der Waals surface area contributed by atoms with E-state index in [4.69, 9.17) is 5.73 Å². The second-order valence-electron chi connectivity index (χ2n) is 4.89. The van der Waals surface area contributed by atoms with Gasteiger partial charge in [-0.1, -0.05) is 33.8 Å². The minimum absolute atomic E-state index is 0.387. The van der Waals surface area contributed by atoms with Gasteiger partial charge in [-0.25, -0.2) is 12.9 Å². The molecule has 4 nitrogen and oxygen atoms in total. The van der Waals surface area contributed by atoms with Crippen molar-refractivity contribution in [2.75, 3.05) is 25.4 Å². The Morgan fingerprint density at radius 2 is 1.95 bits per heavy atom. The maximum absolute atomic E-state index is 13.3. The van der Waals surface area contributed by atoms with Crippen LogP contribution in [0.4, 0.5) is 5.69 Å². The summed E-state index contributed by atoms with van der Waals surface area (Å²) in [7, 11) is -2.55. The van der Waals surface area contributed by atoms with E-state index in [9.17, 15) is 4.21 Å². The molecule has 0 amide bonds. The van der Waals surface area contributed by atoms with Crippen LogP contribution in [0.2, 0.25) is 0 Å². The highest BCUT2D eigenvalue weighted by molar-refractivity contribution is 7.91. The van der Waals surface area contributed by atoms with Gasteiger partial charge in [0.2, 0.25) is 0 Å². The molecule has 0 bridgehead atoms. The highest BCUT2D eigenvalue weighted by atomic mass is 32.2. The summed E-state index contributed by atoms with van der Waals surface area (Å²) in [4.78, 5) is 0.705. The number of nitrogen functional groups attached to an aromatic ring is 1. The molecule has 1 unspecified atom stereocenters. The Hall–Kier alpha value is -1.07. The molecule has 1 rings (SSSR count). The lowest BCUT2D eigenvalue weighted by atomic mass is 10.2. The van der Waals surface area contributed by atoms with Gasteiger partial charge in [0.15, 0.2) is 0 Å². The minimum Gasteiger partial charge on any atom is -0.399 e. The predicted molar refractivity (Wildman–Crippen MR) is 82.3 cm³/mol. The minimum atomic E-state index is -2.55. The first-order chi connectivity index (χ1) is 8.93. The fourth-order valence-corrected chi connectivity index (χ4v) is 4.17. The van der Waals surface area contributed by atoms with Crippen LogP contribution in [-0.4, -0.2) is 28.1 Å².